The number of halogens is 1. The Morgan fingerprint density at radius 2 is 1.80 bits per heavy atom. The van der Waals surface area contributed by atoms with Crippen LogP contribution in [0.25, 0.3) is 0 Å². The number of carbonyl (C=O) groups is 1. The molecule has 0 N–H and O–H groups in total. The van der Waals surface area contributed by atoms with Gasteiger partial charge in [0.15, 0.2) is 0 Å². The van der Waals surface area contributed by atoms with Crippen LogP contribution in [0.5, 0.6) is 5.75 Å². The summed E-state index contributed by atoms with van der Waals surface area (Å²) in [5, 5.41) is 0. The van der Waals surface area contributed by atoms with E-state index in [1.807, 2.05) is 26.0 Å². The molecule has 0 amide bonds. The van der Waals surface area contributed by atoms with Crippen LogP contribution in [0.4, 0.5) is 0 Å². The molecule has 0 radical (unpaired) electrons. The fourth-order valence-corrected chi connectivity index (χ4v) is 3.30. The normalized spacial score (nSPS) is 15.5. The summed E-state index contributed by atoms with van der Waals surface area (Å²) in [5.74, 6) is 0.964. The molecular weight excluding hydrogens is 338 g/mol. The molecule has 2 rings (SSSR count). The number of esters is 1. The number of hydrogen-bond acceptors (Lipinski definition) is 4. The van der Waals surface area contributed by atoms with Gasteiger partial charge in [0, 0.05) is 12.5 Å². The maximum absolute atomic E-state index is 12.5. The molecule has 1 heterocycles. The Labute approximate surface area is 158 Å². The van der Waals surface area contributed by atoms with E-state index in [9.17, 15) is 4.79 Å². The van der Waals surface area contributed by atoms with Gasteiger partial charge in [-0.05, 0) is 69.5 Å². The number of hydrogen-bond donors (Lipinski definition) is 0. The van der Waals surface area contributed by atoms with Crippen molar-refractivity contribution in [3.8, 4) is 5.75 Å². The molecule has 1 unspecified atom stereocenters. The van der Waals surface area contributed by atoms with Crippen LogP contribution in [0.2, 0.25) is 0 Å². The second-order valence-electron chi connectivity index (χ2n) is 6.99. The quantitative estimate of drug-likeness (QED) is 0.636. The molecule has 0 saturated carbocycles. The first-order valence-electron chi connectivity index (χ1n) is 9.14. The van der Waals surface area contributed by atoms with E-state index in [1.165, 1.54) is 25.9 Å². The smallest absolute Gasteiger partial charge is 0.338 e. The predicted octanol–water partition coefficient (Wildman–Crippen LogP) is 4.40. The van der Waals surface area contributed by atoms with Crippen molar-refractivity contribution in [1.29, 1.82) is 0 Å². The molecule has 1 aromatic rings. The number of likely N-dealkylation sites (tertiary alicyclic amines) is 1. The fourth-order valence-electron chi connectivity index (χ4n) is 3.30. The largest absolute Gasteiger partial charge is 0.494 e. The minimum Gasteiger partial charge on any atom is -0.494 e. The van der Waals surface area contributed by atoms with Gasteiger partial charge in [-0.25, -0.2) is 4.79 Å². The number of nitrogens with zero attached hydrogens (tertiary/aromatic N) is 1. The highest BCUT2D eigenvalue weighted by molar-refractivity contribution is 5.93. The monoisotopic (exact) mass is 369 g/mol. The van der Waals surface area contributed by atoms with Crippen molar-refractivity contribution in [2.45, 2.75) is 47.0 Å². The second-order valence-corrected chi connectivity index (χ2v) is 6.99. The van der Waals surface area contributed by atoms with Crippen LogP contribution in [0, 0.1) is 19.8 Å². The molecule has 1 saturated heterocycles. The van der Waals surface area contributed by atoms with E-state index < -0.39 is 0 Å². The van der Waals surface area contributed by atoms with Crippen molar-refractivity contribution in [1.82, 2.24) is 4.90 Å². The highest BCUT2D eigenvalue weighted by atomic mass is 35.5. The molecule has 0 aromatic heterocycles. The molecule has 0 bridgehead atoms. The van der Waals surface area contributed by atoms with Crippen molar-refractivity contribution < 1.29 is 14.3 Å². The standard InChI is InChI=1S/C20H31NO3.ClH/c1-5-10-23-18-11-16(3)19(17(4)12-18)20(22)24-14-15(2)13-21-8-6-7-9-21;/h11-12,15H,5-10,13-14H2,1-4H3;1H. The molecule has 0 aliphatic carbocycles. The van der Waals surface area contributed by atoms with Gasteiger partial charge in [0.2, 0.25) is 0 Å². The lowest BCUT2D eigenvalue weighted by atomic mass is 10.0. The van der Waals surface area contributed by atoms with Gasteiger partial charge < -0.3 is 14.4 Å². The van der Waals surface area contributed by atoms with Gasteiger partial charge >= 0.3 is 5.97 Å². The first-order chi connectivity index (χ1) is 11.5. The van der Waals surface area contributed by atoms with Crippen LogP contribution in [-0.4, -0.2) is 43.7 Å². The van der Waals surface area contributed by atoms with Crippen molar-refractivity contribution >= 4 is 18.4 Å². The van der Waals surface area contributed by atoms with E-state index in [2.05, 4.69) is 18.7 Å². The highest BCUT2D eigenvalue weighted by Gasteiger charge is 2.19. The van der Waals surface area contributed by atoms with Crippen LogP contribution in [0.1, 0.15) is 54.6 Å². The van der Waals surface area contributed by atoms with Crippen LogP contribution in [-0.2, 0) is 4.74 Å². The minimum absolute atomic E-state index is 0. The van der Waals surface area contributed by atoms with Gasteiger partial charge in [-0.2, -0.15) is 0 Å². The maximum atomic E-state index is 12.5. The van der Waals surface area contributed by atoms with Crippen molar-refractivity contribution in [3.05, 3.63) is 28.8 Å². The van der Waals surface area contributed by atoms with E-state index in [1.54, 1.807) is 0 Å². The van der Waals surface area contributed by atoms with Gasteiger partial charge in [-0.1, -0.05) is 13.8 Å². The topological polar surface area (TPSA) is 38.8 Å². The molecule has 4 nitrogen and oxygen atoms in total. The Balaban J connectivity index is 0.00000312. The zero-order chi connectivity index (χ0) is 17.5. The first kappa shape index (κ1) is 21.8. The molecule has 1 fully saturated rings. The summed E-state index contributed by atoms with van der Waals surface area (Å²) in [7, 11) is 0. The van der Waals surface area contributed by atoms with Crippen LogP contribution in [0.15, 0.2) is 12.1 Å². The third kappa shape index (κ3) is 6.52. The van der Waals surface area contributed by atoms with Gasteiger partial charge in [0.1, 0.15) is 5.75 Å². The lowest BCUT2D eigenvalue weighted by Gasteiger charge is -2.20. The number of benzene rings is 1. The average molecular weight is 370 g/mol. The number of aryl methyl sites for hydroxylation is 2. The van der Waals surface area contributed by atoms with Crippen molar-refractivity contribution in [2.24, 2.45) is 5.92 Å². The molecular formula is C20H32ClNO3. The molecule has 142 valence electrons. The number of rotatable bonds is 8. The third-order valence-corrected chi connectivity index (χ3v) is 4.45. The zero-order valence-electron chi connectivity index (χ0n) is 16.0. The van der Waals surface area contributed by atoms with Crippen molar-refractivity contribution in [3.63, 3.8) is 0 Å². The summed E-state index contributed by atoms with van der Waals surface area (Å²) in [6.45, 7) is 12.6. The molecule has 1 atom stereocenters. The second kappa shape index (κ2) is 10.7. The van der Waals surface area contributed by atoms with E-state index in [0.717, 1.165) is 29.8 Å². The van der Waals surface area contributed by atoms with E-state index in [-0.39, 0.29) is 18.4 Å². The lowest BCUT2D eigenvalue weighted by molar-refractivity contribution is 0.0425. The van der Waals surface area contributed by atoms with Gasteiger partial charge in [-0.3, -0.25) is 0 Å². The SMILES string of the molecule is CCCOc1cc(C)c(C(=O)OCC(C)CN2CCCC2)c(C)c1.Cl. The van der Waals surface area contributed by atoms with Gasteiger partial charge in [0.05, 0.1) is 18.8 Å². The minimum atomic E-state index is -0.222. The Hall–Kier alpha value is -1.26. The lowest BCUT2D eigenvalue weighted by Crippen LogP contribution is -2.28. The zero-order valence-corrected chi connectivity index (χ0v) is 16.8. The Morgan fingerprint density at radius 1 is 1.20 bits per heavy atom. The van der Waals surface area contributed by atoms with Gasteiger partial charge in [0.25, 0.3) is 0 Å². The fraction of sp³-hybridized carbons (Fsp3) is 0.650. The van der Waals surface area contributed by atoms with E-state index in [0.29, 0.717) is 24.7 Å². The van der Waals surface area contributed by atoms with E-state index in [4.69, 9.17) is 9.47 Å². The Morgan fingerprint density at radius 3 is 2.36 bits per heavy atom. The summed E-state index contributed by atoms with van der Waals surface area (Å²) >= 11 is 0. The van der Waals surface area contributed by atoms with Crippen LogP contribution in [0.3, 0.4) is 0 Å². The Kier molecular flexibility index (Phi) is 9.30. The summed E-state index contributed by atoms with van der Waals surface area (Å²) in [6.07, 6.45) is 3.55. The van der Waals surface area contributed by atoms with Crippen LogP contribution >= 0.6 is 12.4 Å². The van der Waals surface area contributed by atoms with Crippen LogP contribution < -0.4 is 4.74 Å². The summed E-state index contributed by atoms with van der Waals surface area (Å²) in [5.41, 5.74) is 2.50. The summed E-state index contributed by atoms with van der Waals surface area (Å²) < 4.78 is 11.2. The number of ether oxygens (including phenoxy) is 2. The highest BCUT2D eigenvalue weighted by Crippen LogP contribution is 2.23. The first-order valence-corrected chi connectivity index (χ1v) is 9.14. The molecule has 5 heteroatoms. The van der Waals surface area contributed by atoms with Gasteiger partial charge in [-0.15, -0.1) is 12.4 Å². The predicted molar refractivity (Wildman–Crippen MR) is 104 cm³/mol. The third-order valence-electron chi connectivity index (χ3n) is 4.45. The molecule has 25 heavy (non-hydrogen) atoms. The summed E-state index contributed by atoms with van der Waals surface area (Å²) in [4.78, 5) is 14.9. The molecule has 1 aliphatic heterocycles. The molecule has 1 aliphatic rings. The number of carbonyl (C=O) groups excluding carboxylic acids is 1. The molecule has 1 aromatic carbocycles. The maximum Gasteiger partial charge on any atom is 0.338 e. The average Bonchev–Trinajstić information content (AvgIpc) is 3.03. The molecule has 0 spiro atoms. The Bertz CT molecular complexity index is 533. The van der Waals surface area contributed by atoms with Crippen molar-refractivity contribution in [2.75, 3.05) is 32.8 Å². The summed E-state index contributed by atoms with van der Waals surface area (Å²) in [6, 6.07) is 3.85. The van der Waals surface area contributed by atoms with E-state index >= 15 is 0 Å².